The molecule has 16 rings (SSSR count). The molecule has 378 valence electrons. The molecule has 0 radical (unpaired) electrons. The Hall–Kier alpha value is -10.9. The van der Waals surface area contributed by atoms with E-state index in [1.54, 1.807) is 0 Å². The first-order valence-electron chi connectivity index (χ1n) is 27.6. The zero-order chi connectivity index (χ0) is 53.4. The molecule has 4 aromatic heterocycles. The maximum absolute atomic E-state index is 5.59. The molecule has 0 unspecified atom stereocenters. The van der Waals surface area contributed by atoms with E-state index in [1.807, 2.05) is 6.07 Å². The molecule has 81 heavy (non-hydrogen) atoms. The molecule has 0 aliphatic rings. The lowest BCUT2D eigenvalue weighted by Crippen LogP contribution is -2.10. The Bertz CT molecular complexity index is 4730. The lowest BCUT2D eigenvalue weighted by Gasteiger charge is -2.24. The first kappa shape index (κ1) is 46.2. The molecule has 0 N–H and O–H groups in total. The third kappa shape index (κ3) is 7.70. The highest BCUT2D eigenvalue weighted by atomic mass is 15.1. The number of para-hydroxylation sites is 4. The second-order valence-electron chi connectivity index (χ2n) is 20.9. The van der Waals surface area contributed by atoms with Crippen molar-refractivity contribution in [3.05, 3.63) is 297 Å². The number of aromatic nitrogens is 5. The van der Waals surface area contributed by atoms with Gasteiger partial charge in [0.15, 0.2) is 5.82 Å². The van der Waals surface area contributed by atoms with Crippen molar-refractivity contribution in [2.45, 2.75) is 0 Å². The van der Waals surface area contributed by atoms with Gasteiger partial charge in [-0.05, 0) is 100 Å². The normalized spacial score (nSPS) is 11.7. The molecule has 12 aromatic carbocycles. The van der Waals surface area contributed by atoms with Crippen LogP contribution in [0.15, 0.2) is 297 Å². The van der Waals surface area contributed by atoms with Gasteiger partial charge in [-0.15, -0.1) is 0 Å². The first-order valence-corrected chi connectivity index (χ1v) is 27.6. The number of rotatable bonds is 9. The van der Waals surface area contributed by atoms with E-state index in [-0.39, 0.29) is 0 Å². The predicted molar refractivity (Wildman–Crippen MR) is 338 cm³/mol. The van der Waals surface area contributed by atoms with Crippen LogP contribution in [0.3, 0.4) is 0 Å². The van der Waals surface area contributed by atoms with Gasteiger partial charge in [0.05, 0.1) is 61.6 Å². The van der Waals surface area contributed by atoms with Gasteiger partial charge in [-0.25, -0.2) is 9.97 Å². The number of benzene rings is 12. The number of hydrogen-bond acceptors (Lipinski definition) is 2. The molecule has 0 amide bonds. The van der Waals surface area contributed by atoms with Gasteiger partial charge in [0.1, 0.15) is 0 Å². The van der Waals surface area contributed by atoms with Crippen LogP contribution in [0.1, 0.15) is 0 Å². The molecule has 4 heterocycles. The van der Waals surface area contributed by atoms with Crippen LogP contribution < -0.4 is 0 Å². The molecule has 0 aliphatic heterocycles. The van der Waals surface area contributed by atoms with E-state index in [0.29, 0.717) is 5.82 Å². The standard InChI is InChI=1S/C76H49N5/c1-5-21-50(22-6-1)53-37-39-54(40-38-53)65-49-66(78-76(77-65)55-27-11-4-12-28-55)58-47-73(79-67-33-17-13-29-59(67)60-30-14-18-34-68(60)79)75(74(48-58)80-69-35-19-15-31-61(69)62-32-16-20-36-70(62)80)81-71-43-41-56(51-23-7-2-8-24-51)45-63(71)64-46-57(42-44-72(64)81)52-25-9-3-10-26-52/h1-49H. The fourth-order valence-corrected chi connectivity index (χ4v) is 12.5. The van der Waals surface area contributed by atoms with E-state index in [0.717, 1.165) is 94.9 Å². The summed E-state index contributed by atoms with van der Waals surface area (Å²) in [5.74, 6) is 0.655. The molecule has 5 nitrogen and oxygen atoms in total. The van der Waals surface area contributed by atoms with Crippen LogP contribution in [0.2, 0.25) is 0 Å². The molecular formula is C76H49N5. The molecule has 0 bridgehead atoms. The molecule has 0 saturated carbocycles. The van der Waals surface area contributed by atoms with Crippen LogP contribution in [0, 0.1) is 0 Å². The highest BCUT2D eigenvalue weighted by molar-refractivity contribution is 6.15. The molecule has 0 aliphatic carbocycles. The van der Waals surface area contributed by atoms with Crippen molar-refractivity contribution < 1.29 is 0 Å². The van der Waals surface area contributed by atoms with Gasteiger partial charge in [0, 0.05) is 49.0 Å². The van der Waals surface area contributed by atoms with E-state index in [9.17, 15) is 0 Å². The van der Waals surface area contributed by atoms with Crippen LogP contribution in [0.5, 0.6) is 0 Å². The maximum atomic E-state index is 5.59. The molecule has 0 spiro atoms. The molecule has 16 aromatic rings. The van der Waals surface area contributed by atoms with Gasteiger partial charge in [-0.3, -0.25) is 0 Å². The van der Waals surface area contributed by atoms with Gasteiger partial charge in [-0.2, -0.15) is 0 Å². The van der Waals surface area contributed by atoms with Crippen LogP contribution in [-0.4, -0.2) is 23.7 Å². The minimum atomic E-state index is 0.655. The smallest absolute Gasteiger partial charge is 0.160 e. The molecular weight excluding hydrogens is 983 g/mol. The van der Waals surface area contributed by atoms with Crippen LogP contribution >= 0.6 is 0 Å². The Morgan fingerprint density at radius 1 is 0.198 bits per heavy atom. The summed E-state index contributed by atoms with van der Waals surface area (Å²) >= 11 is 0. The summed E-state index contributed by atoms with van der Waals surface area (Å²) in [7, 11) is 0. The quantitative estimate of drug-likeness (QED) is 0.145. The van der Waals surface area contributed by atoms with Gasteiger partial charge in [0.2, 0.25) is 0 Å². The van der Waals surface area contributed by atoms with E-state index in [1.165, 1.54) is 49.0 Å². The van der Waals surface area contributed by atoms with Crippen molar-refractivity contribution >= 4 is 65.4 Å². The SMILES string of the molecule is c1ccc(-c2ccc(-c3cc(-c4cc(-n5c6ccccc6c6ccccc65)c(-n5c6ccc(-c7ccccc7)cc6c6cc(-c7ccccc7)ccc65)c(-n5c6ccccc6c6ccccc65)c4)nc(-c4ccccc4)n3)cc2)cc1. The number of fused-ring (bicyclic) bond motifs is 9. The highest BCUT2D eigenvalue weighted by Gasteiger charge is 2.27. The van der Waals surface area contributed by atoms with E-state index in [4.69, 9.17) is 9.97 Å². The average molecular weight is 1030 g/mol. The zero-order valence-electron chi connectivity index (χ0n) is 44.0. The Morgan fingerprint density at radius 2 is 0.506 bits per heavy atom. The largest absolute Gasteiger partial charge is 0.307 e. The van der Waals surface area contributed by atoms with Crippen molar-refractivity contribution in [1.82, 2.24) is 23.7 Å². The minimum Gasteiger partial charge on any atom is -0.307 e. The fourth-order valence-electron chi connectivity index (χ4n) is 12.5. The third-order valence-corrected chi connectivity index (χ3v) is 16.3. The summed E-state index contributed by atoms with van der Waals surface area (Å²) in [6, 6.07) is 108. The minimum absolute atomic E-state index is 0.655. The fraction of sp³-hybridized carbons (Fsp3) is 0. The molecule has 0 saturated heterocycles. The van der Waals surface area contributed by atoms with Gasteiger partial charge in [-0.1, -0.05) is 231 Å². The first-order chi connectivity index (χ1) is 40.2. The van der Waals surface area contributed by atoms with Gasteiger partial charge >= 0.3 is 0 Å². The monoisotopic (exact) mass is 1030 g/mol. The van der Waals surface area contributed by atoms with Crippen molar-refractivity contribution in [3.63, 3.8) is 0 Å². The highest BCUT2D eigenvalue weighted by Crippen LogP contribution is 2.46. The van der Waals surface area contributed by atoms with Gasteiger partial charge in [0.25, 0.3) is 0 Å². The zero-order valence-corrected chi connectivity index (χ0v) is 44.0. The summed E-state index contributed by atoms with van der Waals surface area (Å²) in [5, 5.41) is 7.06. The Balaban J connectivity index is 1.07. The third-order valence-electron chi connectivity index (χ3n) is 16.3. The molecule has 0 fully saturated rings. The summed E-state index contributed by atoms with van der Waals surface area (Å²) < 4.78 is 7.54. The van der Waals surface area contributed by atoms with Crippen molar-refractivity contribution in [2.75, 3.05) is 0 Å². The Kier molecular flexibility index (Phi) is 10.8. The summed E-state index contributed by atoms with van der Waals surface area (Å²) in [6.07, 6.45) is 0. The summed E-state index contributed by atoms with van der Waals surface area (Å²) in [4.78, 5) is 11.0. The predicted octanol–water partition coefficient (Wildman–Crippen LogP) is 19.8. The lowest BCUT2D eigenvalue weighted by atomic mass is 10.0. The van der Waals surface area contributed by atoms with Crippen molar-refractivity contribution in [1.29, 1.82) is 0 Å². The number of nitrogens with zero attached hydrogens (tertiary/aromatic N) is 5. The Morgan fingerprint density at radius 3 is 0.926 bits per heavy atom. The van der Waals surface area contributed by atoms with E-state index >= 15 is 0 Å². The second kappa shape index (κ2) is 18.9. The lowest BCUT2D eigenvalue weighted by molar-refractivity contribution is 1.05. The van der Waals surface area contributed by atoms with Crippen molar-refractivity contribution in [3.8, 4) is 84.3 Å². The maximum Gasteiger partial charge on any atom is 0.160 e. The number of hydrogen-bond donors (Lipinski definition) is 0. The van der Waals surface area contributed by atoms with Crippen LogP contribution in [0.4, 0.5) is 0 Å². The molecule has 5 heteroatoms. The summed E-state index contributed by atoms with van der Waals surface area (Å²) in [6.45, 7) is 0. The molecule has 0 atom stereocenters. The average Bonchev–Trinajstić information content (AvgIpc) is 4.39. The summed E-state index contributed by atoms with van der Waals surface area (Å²) in [5.41, 5.74) is 21.2. The Labute approximate surface area is 468 Å². The van der Waals surface area contributed by atoms with Gasteiger partial charge < -0.3 is 13.7 Å². The topological polar surface area (TPSA) is 40.6 Å². The van der Waals surface area contributed by atoms with Crippen LogP contribution in [0.25, 0.3) is 150 Å². The van der Waals surface area contributed by atoms with Crippen molar-refractivity contribution in [2.24, 2.45) is 0 Å². The van der Waals surface area contributed by atoms with E-state index < -0.39 is 0 Å². The van der Waals surface area contributed by atoms with E-state index in [2.05, 4.69) is 305 Å². The van der Waals surface area contributed by atoms with Crippen LogP contribution in [-0.2, 0) is 0 Å². The second-order valence-corrected chi connectivity index (χ2v) is 20.9.